The topological polar surface area (TPSA) is 274 Å². The maximum Gasteiger partial charge on any atom is 0.356 e. The molecule has 0 fully saturated rings. The number of aromatic amines is 1. The molecule has 0 aliphatic carbocycles. The number of hydrogen-bond donors (Lipinski definition) is 5. The van der Waals surface area contributed by atoms with Gasteiger partial charge in [0.2, 0.25) is 0 Å². The molecule has 0 atom stereocenters. The number of rotatable bonds is 6. The predicted molar refractivity (Wildman–Crippen MR) is 205 cm³/mol. The zero-order chi connectivity index (χ0) is 40.8. The van der Waals surface area contributed by atoms with Crippen LogP contribution in [0.2, 0.25) is 10.3 Å². The Morgan fingerprint density at radius 1 is 0.778 bits per heavy atom. The summed E-state index contributed by atoms with van der Waals surface area (Å²) < 4.78 is 1.27. The Bertz CT molecular complexity index is 2020. The number of anilines is 2. The Hall–Kier alpha value is -6.31. The summed E-state index contributed by atoms with van der Waals surface area (Å²) in [7, 11) is 8.52. The van der Waals surface area contributed by atoms with E-state index in [1.165, 1.54) is 64.0 Å². The Morgan fingerprint density at radius 2 is 1.28 bits per heavy atom. The summed E-state index contributed by atoms with van der Waals surface area (Å²) >= 11 is 10.8. The first-order chi connectivity index (χ1) is 25.5. The van der Waals surface area contributed by atoms with Crippen LogP contribution in [-0.4, -0.2) is 114 Å². The van der Waals surface area contributed by atoms with Crippen LogP contribution in [0.5, 0.6) is 0 Å². The minimum atomic E-state index is -1.11. The van der Waals surface area contributed by atoms with Crippen molar-refractivity contribution in [3.05, 3.63) is 122 Å². The fourth-order valence-electron chi connectivity index (χ4n) is 3.24. The number of nitrogens with two attached hydrogens (primary N) is 2. The van der Waals surface area contributed by atoms with Crippen molar-refractivity contribution >= 4 is 52.4 Å². The van der Waals surface area contributed by atoms with Crippen LogP contribution in [0, 0.1) is 0 Å². The summed E-state index contributed by atoms with van der Waals surface area (Å²) in [6.45, 7) is 3.29. The lowest BCUT2D eigenvalue weighted by molar-refractivity contribution is 0.0689. The number of pyridine rings is 2. The number of carboxylic acid groups (broad SMARTS) is 1. The largest absolute Gasteiger partial charge is 0.476 e. The second-order valence-corrected chi connectivity index (χ2v) is 11.4. The van der Waals surface area contributed by atoms with Crippen molar-refractivity contribution in [3.63, 3.8) is 0 Å². The van der Waals surface area contributed by atoms with E-state index in [-0.39, 0.29) is 56.0 Å². The van der Waals surface area contributed by atoms with Crippen LogP contribution < -0.4 is 27.9 Å². The first-order valence-corrected chi connectivity index (χ1v) is 16.3. The van der Waals surface area contributed by atoms with Crippen LogP contribution in [0.4, 0.5) is 11.4 Å². The average Bonchev–Trinajstić information content (AvgIpc) is 3.15. The normalized spacial score (nSPS) is 9.56. The summed E-state index contributed by atoms with van der Waals surface area (Å²) in [5.74, 6) is -1.23. The van der Waals surface area contributed by atoms with Crippen LogP contribution in [0.1, 0.15) is 44.8 Å². The second-order valence-electron chi connectivity index (χ2n) is 10.6. The van der Waals surface area contributed by atoms with Crippen molar-refractivity contribution in [1.82, 2.24) is 54.6 Å². The number of halogens is 2. The van der Waals surface area contributed by atoms with Crippen LogP contribution >= 0.6 is 23.2 Å². The van der Waals surface area contributed by atoms with Gasteiger partial charge in [0.25, 0.3) is 22.9 Å². The fraction of sp³-hybridized carbons (Fsp3) is 0.242. The molecule has 0 unspecified atom stereocenters. The zero-order valence-corrected chi connectivity index (χ0v) is 31.8. The molecule has 54 heavy (non-hydrogen) atoms. The molecule has 0 aromatic carbocycles. The van der Waals surface area contributed by atoms with E-state index in [9.17, 15) is 24.0 Å². The van der Waals surface area contributed by atoms with E-state index in [4.69, 9.17) is 39.8 Å². The molecule has 2 amide bonds. The minimum Gasteiger partial charge on any atom is -0.476 e. The molecule has 21 heteroatoms. The standard InChI is InChI=1S/C12H13N5O2.C7H8ClN3O.C5H3ClN2O2.C5H6N2O.C4H11N/c1-16(2)12(19)9-6-15-10(7-14-9)17-5-3-4-8(13)11(17)18;1-11(2)7(12)5-3-10-6(8)4-9-5;6-4-2-7-3(1-8-4)5(9)10;6-4-2-1-3-7-5(4)8;1-3-4-5-2/h3-7H,13H2,1-2H3;3-4H,1-2H3;1-2H,(H,9,10);1-3H,6H2,(H,7,8);5H,3-4H2,1-2H3. The maximum atomic E-state index is 11.8. The maximum absolute atomic E-state index is 11.8. The summed E-state index contributed by atoms with van der Waals surface area (Å²) in [6.07, 6.45) is 12.0. The Kier molecular flexibility index (Phi) is 20.3. The quantitative estimate of drug-likeness (QED) is 0.165. The molecule has 0 bridgehead atoms. The minimum absolute atomic E-state index is 0.107. The molecule has 0 saturated heterocycles. The number of carboxylic acids is 1. The van der Waals surface area contributed by atoms with E-state index in [1.54, 1.807) is 52.6 Å². The monoisotopic (exact) mass is 785 g/mol. The number of carbonyl (C=O) groups excluding carboxylic acids is 2. The number of nitrogens with one attached hydrogen (secondary N) is 2. The van der Waals surface area contributed by atoms with Gasteiger partial charge in [-0.15, -0.1) is 0 Å². The number of aromatic nitrogens is 8. The summed E-state index contributed by atoms with van der Waals surface area (Å²) in [6, 6.07) is 6.38. The second kappa shape index (κ2) is 24.0. The highest BCUT2D eigenvalue weighted by Gasteiger charge is 2.11. The molecule has 0 spiro atoms. The summed E-state index contributed by atoms with van der Waals surface area (Å²) in [5.41, 5.74) is 10.9. The first kappa shape index (κ1) is 45.7. The summed E-state index contributed by atoms with van der Waals surface area (Å²) in [4.78, 5) is 83.1. The van der Waals surface area contributed by atoms with Crippen LogP contribution in [0.3, 0.4) is 0 Å². The van der Waals surface area contributed by atoms with Gasteiger partial charge in [-0.1, -0.05) is 30.1 Å². The Morgan fingerprint density at radius 3 is 1.63 bits per heavy atom. The van der Waals surface area contributed by atoms with Gasteiger partial charge in [0, 0.05) is 40.6 Å². The molecule has 0 saturated carbocycles. The molecule has 0 aliphatic heterocycles. The molecule has 7 N–H and O–H groups in total. The highest BCUT2D eigenvalue weighted by atomic mass is 35.5. The number of carbonyl (C=O) groups is 3. The third kappa shape index (κ3) is 16.4. The van der Waals surface area contributed by atoms with E-state index in [0.717, 1.165) is 12.7 Å². The average molecular weight is 787 g/mol. The van der Waals surface area contributed by atoms with Gasteiger partial charge in [0.05, 0.1) is 48.6 Å². The van der Waals surface area contributed by atoms with Crippen LogP contribution in [-0.2, 0) is 0 Å². The molecular formula is C33H41Cl2N13O6. The van der Waals surface area contributed by atoms with Gasteiger partial charge in [0.1, 0.15) is 21.7 Å². The van der Waals surface area contributed by atoms with Crippen molar-refractivity contribution in [3.8, 4) is 5.82 Å². The number of aromatic carboxylic acids is 1. The van der Waals surface area contributed by atoms with E-state index >= 15 is 0 Å². The number of nitrogens with zero attached hydrogens (tertiary/aromatic N) is 9. The van der Waals surface area contributed by atoms with Gasteiger partial charge in [0.15, 0.2) is 11.5 Å². The molecule has 288 valence electrons. The van der Waals surface area contributed by atoms with Crippen LogP contribution in [0.25, 0.3) is 5.82 Å². The molecule has 5 aromatic heterocycles. The zero-order valence-electron chi connectivity index (χ0n) is 30.3. The van der Waals surface area contributed by atoms with E-state index in [2.05, 4.69) is 47.1 Å². The van der Waals surface area contributed by atoms with Gasteiger partial charge in [-0.25, -0.2) is 34.7 Å². The number of H-pyrrole nitrogens is 1. The molecule has 5 heterocycles. The van der Waals surface area contributed by atoms with Gasteiger partial charge < -0.3 is 36.7 Å². The van der Waals surface area contributed by atoms with Gasteiger partial charge in [-0.2, -0.15) is 0 Å². The van der Waals surface area contributed by atoms with E-state index < -0.39 is 5.97 Å². The van der Waals surface area contributed by atoms with Crippen molar-refractivity contribution in [2.75, 3.05) is 53.3 Å². The lowest BCUT2D eigenvalue weighted by atomic mass is 10.4. The van der Waals surface area contributed by atoms with E-state index in [1.807, 2.05) is 7.05 Å². The molecule has 5 rings (SSSR count). The predicted octanol–water partition coefficient (Wildman–Crippen LogP) is 2.14. The fourth-order valence-corrected chi connectivity index (χ4v) is 3.43. The number of amides is 2. The smallest absolute Gasteiger partial charge is 0.356 e. The van der Waals surface area contributed by atoms with Gasteiger partial charge in [-0.05, 0) is 44.3 Å². The third-order valence-electron chi connectivity index (χ3n) is 5.92. The van der Waals surface area contributed by atoms with Crippen molar-refractivity contribution in [2.24, 2.45) is 0 Å². The molecule has 0 radical (unpaired) electrons. The van der Waals surface area contributed by atoms with Crippen molar-refractivity contribution in [2.45, 2.75) is 13.3 Å². The number of hydrogen-bond acceptors (Lipinski definition) is 14. The molecule has 5 aromatic rings. The van der Waals surface area contributed by atoms with Crippen molar-refractivity contribution in [1.29, 1.82) is 0 Å². The van der Waals surface area contributed by atoms with Gasteiger partial charge in [-0.3, -0.25) is 23.7 Å². The third-order valence-corrected chi connectivity index (χ3v) is 6.31. The SMILES string of the molecule is CCCNC.CN(C)C(=O)c1cnc(-n2cccc(N)c2=O)cn1.CN(C)C(=O)c1cnc(Cl)cn1.Nc1ccc[nH]c1=O.O=C(O)c1cnc(Cl)cn1. The highest BCUT2D eigenvalue weighted by molar-refractivity contribution is 6.29. The first-order valence-electron chi connectivity index (χ1n) is 15.5. The molecule has 0 aliphatic rings. The molecule has 19 nitrogen and oxygen atoms in total. The van der Waals surface area contributed by atoms with Gasteiger partial charge >= 0.3 is 5.97 Å². The molecular weight excluding hydrogens is 745 g/mol. The Labute approximate surface area is 320 Å². The lowest BCUT2D eigenvalue weighted by Gasteiger charge is -2.09. The van der Waals surface area contributed by atoms with Crippen molar-refractivity contribution < 1.29 is 19.5 Å². The van der Waals surface area contributed by atoms with E-state index in [0.29, 0.717) is 11.5 Å². The lowest BCUT2D eigenvalue weighted by Crippen LogP contribution is -2.24. The number of nitrogen functional groups attached to an aromatic ring is 2. The Balaban J connectivity index is 0.000000362. The summed E-state index contributed by atoms with van der Waals surface area (Å²) in [5, 5.41) is 11.8. The highest BCUT2D eigenvalue weighted by Crippen LogP contribution is 2.04. The van der Waals surface area contributed by atoms with Crippen LogP contribution in [0.15, 0.2) is 83.4 Å².